The molecule has 0 aliphatic heterocycles. The van der Waals surface area contributed by atoms with Crippen LogP contribution < -0.4 is 0 Å². The van der Waals surface area contributed by atoms with Gasteiger partial charge >= 0.3 is 0 Å². The van der Waals surface area contributed by atoms with Crippen LogP contribution >= 0.6 is 0 Å². The molecule has 0 bridgehead atoms. The van der Waals surface area contributed by atoms with Crippen molar-refractivity contribution >= 4 is 54.3 Å². The van der Waals surface area contributed by atoms with Crippen molar-refractivity contribution in [3.63, 3.8) is 0 Å². The summed E-state index contributed by atoms with van der Waals surface area (Å²) in [6.07, 6.45) is 0. The molecular weight excluding hydrogens is 593 g/mol. The molecule has 0 aliphatic rings. The summed E-state index contributed by atoms with van der Waals surface area (Å²) in [5, 5.41) is 2.76. The lowest BCUT2D eigenvalue weighted by Gasteiger charge is -2.20. The minimum Gasteiger partial charge on any atom is -0.455 e. The molecule has 0 saturated heterocycles. The van der Waals surface area contributed by atoms with Gasteiger partial charge in [-0.25, -0.2) is 0 Å². The fourth-order valence-electron chi connectivity index (χ4n) is 7.10. The molecule has 0 unspecified atom stereocenters. The normalized spacial score (nSPS) is 15.4. The van der Waals surface area contributed by atoms with Gasteiger partial charge in [-0.1, -0.05) is 157 Å². The molecule has 0 spiro atoms. The number of benzene rings is 9. The molecule has 0 aliphatic carbocycles. The van der Waals surface area contributed by atoms with Crippen LogP contribution in [0.1, 0.15) is 17.8 Å². The highest BCUT2D eigenvalue weighted by Gasteiger charge is 2.22. The van der Waals surface area contributed by atoms with Gasteiger partial charge in [-0.2, -0.15) is 0 Å². The Hall–Kier alpha value is -6.44. The smallest absolute Gasteiger partial charge is 0.143 e. The number of hydrogen-bond donors (Lipinski definition) is 0. The molecule has 1 aromatic heterocycles. The minimum atomic E-state index is -0.601. The minimum absolute atomic E-state index is 0.00963. The van der Waals surface area contributed by atoms with E-state index >= 15 is 0 Å². The quantitative estimate of drug-likeness (QED) is 0.175. The van der Waals surface area contributed by atoms with Gasteiger partial charge < -0.3 is 4.42 Å². The summed E-state index contributed by atoms with van der Waals surface area (Å²) in [5.74, 6) is 0. The van der Waals surface area contributed by atoms with Gasteiger partial charge in [-0.05, 0) is 95.7 Å². The van der Waals surface area contributed by atoms with Crippen LogP contribution in [0.15, 0.2) is 186 Å². The highest BCUT2D eigenvalue weighted by Crippen LogP contribution is 2.48. The highest BCUT2D eigenvalue weighted by atomic mass is 16.3. The zero-order chi connectivity index (χ0) is 43.6. The van der Waals surface area contributed by atoms with Crippen LogP contribution in [0.5, 0.6) is 0 Å². The number of fused-ring (bicyclic) bond motifs is 7. The van der Waals surface area contributed by atoms with Crippen LogP contribution in [0, 0.1) is 0 Å². The fourth-order valence-corrected chi connectivity index (χ4v) is 7.10. The summed E-state index contributed by atoms with van der Waals surface area (Å²) in [7, 11) is 0. The van der Waals surface area contributed by atoms with E-state index in [0.29, 0.717) is 27.5 Å². The molecule has 0 atom stereocenters. The Labute approximate surface area is 302 Å². The van der Waals surface area contributed by atoms with E-state index in [-0.39, 0.29) is 49.4 Å². The zero-order valence-corrected chi connectivity index (χ0v) is 25.7. The molecule has 1 heteroatoms. The molecule has 1 heterocycles. The molecule has 0 saturated carbocycles. The van der Waals surface area contributed by atoms with E-state index in [1.54, 1.807) is 36.4 Å². The van der Waals surface area contributed by atoms with Crippen molar-refractivity contribution in [3.05, 3.63) is 182 Å². The molecule has 10 aromatic rings. The Morgan fingerprint density at radius 1 is 0.388 bits per heavy atom. The van der Waals surface area contributed by atoms with E-state index in [1.165, 1.54) is 6.07 Å². The summed E-state index contributed by atoms with van der Waals surface area (Å²) in [6.45, 7) is 0. The van der Waals surface area contributed by atoms with E-state index in [9.17, 15) is 5.48 Å². The van der Waals surface area contributed by atoms with E-state index in [0.717, 1.165) is 21.9 Å². The largest absolute Gasteiger partial charge is 0.455 e. The average molecular weight is 636 g/mol. The molecule has 0 fully saturated rings. The predicted octanol–water partition coefficient (Wildman–Crippen LogP) is 13.7. The van der Waals surface area contributed by atoms with Crippen LogP contribution in [0.4, 0.5) is 0 Å². The summed E-state index contributed by atoms with van der Waals surface area (Å²) in [5.41, 5.74) is 3.64. The first-order valence-corrected chi connectivity index (χ1v) is 15.8. The number of furan rings is 1. The van der Waals surface area contributed by atoms with E-state index < -0.39 is 78.6 Å². The van der Waals surface area contributed by atoms with Crippen LogP contribution in [0.3, 0.4) is 0 Å². The Bertz CT molecular complexity index is 3510. The monoisotopic (exact) mass is 635 g/mol. The second kappa shape index (κ2) is 11.1. The number of hydrogen-bond acceptors (Lipinski definition) is 1. The molecule has 10 rings (SSSR count). The van der Waals surface area contributed by atoms with E-state index in [2.05, 4.69) is 6.07 Å². The lowest BCUT2D eigenvalue weighted by molar-refractivity contribution is 0.673. The van der Waals surface area contributed by atoms with Crippen molar-refractivity contribution in [1.29, 1.82) is 0 Å². The van der Waals surface area contributed by atoms with Gasteiger partial charge in [0.15, 0.2) is 0 Å². The highest BCUT2D eigenvalue weighted by molar-refractivity contribution is 6.27. The lowest BCUT2D eigenvalue weighted by atomic mass is 9.83. The molecule has 49 heavy (non-hydrogen) atoms. The predicted molar refractivity (Wildman–Crippen MR) is 208 cm³/mol. The van der Waals surface area contributed by atoms with Crippen molar-refractivity contribution in [2.24, 2.45) is 0 Å². The molecule has 9 aromatic carbocycles. The summed E-state index contributed by atoms with van der Waals surface area (Å²) < 4.78 is 123. The van der Waals surface area contributed by atoms with Gasteiger partial charge in [-0.3, -0.25) is 0 Å². The Morgan fingerprint density at radius 2 is 0.980 bits per heavy atom. The maximum Gasteiger partial charge on any atom is 0.143 e. The summed E-state index contributed by atoms with van der Waals surface area (Å²) >= 11 is 0. The third-order valence-corrected chi connectivity index (χ3v) is 9.20. The average Bonchev–Trinajstić information content (AvgIpc) is 3.69. The first-order valence-electron chi connectivity index (χ1n) is 22.3. The molecule has 0 N–H and O–H groups in total. The Morgan fingerprint density at radius 3 is 1.69 bits per heavy atom. The zero-order valence-electron chi connectivity index (χ0n) is 38.7. The van der Waals surface area contributed by atoms with Gasteiger partial charge in [0.2, 0.25) is 0 Å². The maximum absolute atomic E-state index is 9.53. The van der Waals surface area contributed by atoms with Crippen molar-refractivity contribution in [2.45, 2.75) is 0 Å². The molecule has 0 amide bonds. The summed E-state index contributed by atoms with van der Waals surface area (Å²) in [4.78, 5) is 0. The van der Waals surface area contributed by atoms with Crippen molar-refractivity contribution in [2.75, 3.05) is 0 Å². The van der Waals surface area contributed by atoms with Crippen LogP contribution in [0.2, 0.25) is 0 Å². The van der Waals surface area contributed by atoms with Gasteiger partial charge in [0.25, 0.3) is 0 Å². The van der Waals surface area contributed by atoms with Crippen LogP contribution in [0.25, 0.3) is 98.8 Å². The molecule has 0 radical (unpaired) electrons. The Balaban J connectivity index is 1.40. The van der Waals surface area contributed by atoms with Gasteiger partial charge in [-0.15, -0.1) is 0 Å². The third kappa shape index (κ3) is 4.33. The molecule has 1 nitrogen and oxygen atoms in total. The molecular formula is C48H30O. The van der Waals surface area contributed by atoms with Crippen molar-refractivity contribution in [3.8, 4) is 44.5 Å². The van der Waals surface area contributed by atoms with Gasteiger partial charge in [0.05, 0.1) is 17.8 Å². The van der Waals surface area contributed by atoms with Gasteiger partial charge in [0.1, 0.15) is 11.2 Å². The maximum atomic E-state index is 9.53. The first-order chi connectivity index (χ1) is 29.7. The third-order valence-electron chi connectivity index (χ3n) is 9.20. The van der Waals surface area contributed by atoms with Crippen molar-refractivity contribution in [1.82, 2.24) is 0 Å². The van der Waals surface area contributed by atoms with Crippen LogP contribution in [-0.2, 0) is 0 Å². The van der Waals surface area contributed by atoms with Crippen LogP contribution in [-0.4, -0.2) is 0 Å². The number of rotatable bonds is 4. The standard InChI is InChI=1S/C48H30O/c1-3-14-31(15-4-1)33-26-28-36-34(30-33)27-29-43-47-42(24-13-25-44(47)49-48(36)43)46-40-22-11-9-20-38(40)45(39-21-10-12-23-41(39)46)37-19-8-7-18-35(37)32-16-5-2-6-17-32/h1-30H/i2D,5D,6D,9D,10D,11D,12D,16D,17D,20D,21D,22D,23D. The Kier molecular flexibility index (Phi) is 3.99. The summed E-state index contributed by atoms with van der Waals surface area (Å²) in [6, 6.07) is 24.5. The fraction of sp³-hybridized carbons (Fsp3) is 0. The second-order valence-corrected chi connectivity index (χ2v) is 11.8. The lowest BCUT2D eigenvalue weighted by Crippen LogP contribution is -1.93. The first kappa shape index (κ1) is 17.6. The molecule has 228 valence electrons. The second-order valence-electron chi connectivity index (χ2n) is 11.8. The van der Waals surface area contributed by atoms with Crippen molar-refractivity contribution < 1.29 is 22.2 Å². The van der Waals surface area contributed by atoms with E-state index in [1.807, 2.05) is 54.6 Å². The SMILES string of the molecule is [2H]c1c([2H])c([2H])c(-c2ccccc2-c2c3c([2H])c([2H])c([2H])c([2H])c3c(-c3cccc4oc5c6ccc(-c7ccccc7)cc6ccc5c34)c3c([2H])c([2H])c([2H])c([2H])c23)c([2H])c1[2H]. The topological polar surface area (TPSA) is 13.1 Å². The van der Waals surface area contributed by atoms with Gasteiger partial charge in [0, 0.05) is 16.2 Å². The van der Waals surface area contributed by atoms with E-state index in [4.69, 9.17) is 16.8 Å².